The molecule has 4 heteroatoms. The maximum absolute atomic E-state index is 9.95. The number of aliphatic hydroxyl groups is 1. The Balaban J connectivity index is 2.44. The van der Waals surface area contributed by atoms with Crippen LogP contribution in [0.4, 0.5) is 0 Å². The van der Waals surface area contributed by atoms with Gasteiger partial charge in [-0.3, -0.25) is 4.90 Å². The van der Waals surface area contributed by atoms with Crippen LogP contribution in [0.25, 0.3) is 0 Å². The van der Waals surface area contributed by atoms with Gasteiger partial charge in [-0.1, -0.05) is 36.3 Å². The summed E-state index contributed by atoms with van der Waals surface area (Å²) in [5.41, 5.74) is 1.21. The Morgan fingerprint density at radius 3 is 2.75 bits per heavy atom. The summed E-state index contributed by atoms with van der Waals surface area (Å²) in [5, 5.41) is 9.95. The topological polar surface area (TPSA) is 41.9 Å². The Morgan fingerprint density at radius 1 is 1.35 bits per heavy atom. The van der Waals surface area contributed by atoms with E-state index in [9.17, 15) is 5.11 Å². The lowest BCUT2D eigenvalue weighted by Gasteiger charge is -2.24. The van der Waals surface area contributed by atoms with E-state index in [1.807, 2.05) is 18.2 Å². The number of methoxy groups -OCH3 is 1. The molecule has 0 fully saturated rings. The molecule has 0 spiro atoms. The molecule has 0 aliphatic rings. The van der Waals surface area contributed by atoms with Crippen molar-refractivity contribution in [2.24, 2.45) is 0 Å². The number of rotatable bonds is 10. The van der Waals surface area contributed by atoms with Crippen molar-refractivity contribution >= 4 is 0 Å². The van der Waals surface area contributed by atoms with Gasteiger partial charge in [-0.25, -0.2) is 0 Å². The first-order chi connectivity index (χ1) is 9.76. The molecule has 0 saturated heterocycles. The van der Waals surface area contributed by atoms with E-state index in [1.165, 1.54) is 5.56 Å². The minimum Gasteiger partial charge on any atom is -0.389 e. The molecule has 1 aromatic rings. The normalized spacial score (nSPS) is 12.3. The van der Waals surface area contributed by atoms with Gasteiger partial charge >= 0.3 is 0 Å². The molecular formula is C16H23NO3. The zero-order valence-electron chi connectivity index (χ0n) is 12.0. The second-order valence-corrected chi connectivity index (χ2v) is 4.59. The number of benzene rings is 1. The number of hydrogen-bond acceptors (Lipinski definition) is 4. The molecule has 1 rings (SSSR count). The number of terminal acetylenes is 1. The zero-order valence-corrected chi connectivity index (χ0v) is 12.0. The maximum atomic E-state index is 9.95. The van der Waals surface area contributed by atoms with Crippen LogP contribution in [-0.4, -0.2) is 56.1 Å². The lowest BCUT2D eigenvalue weighted by atomic mass is 10.2. The molecule has 0 aliphatic carbocycles. The summed E-state index contributed by atoms with van der Waals surface area (Å²) in [6.45, 7) is 3.18. The van der Waals surface area contributed by atoms with Crippen LogP contribution < -0.4 is 0 Å². The third kappa shape index (κ3) is 7.27. The van der Waals surface area contributed by atoms with Crippen molar-refractivity contribution in [3.63, 3.8) is 0 Å². The highest BCUT2D eigenvalue weighted by atomic mass is 16.5. The molecule has 20 heavy (non-hydrogen) atoms. The zero-order chi connectivity index (χ0) is 14.6. The fraction of sp³-hybridized carbons (Fsp3) is 0.500. The van der Waals surface area contributed by atoms with Crippen LogP contribution in [0.5, 0.6) is 0 Å². The summed E-state index contributed by atoms with van der Waals surface area (Å²) in [7, 11) is 1.67. The molecule has 0 radical (unpaired) electrons. The first kappa shape index (κ1) is 16.7. The summed E-state index contributed by atoms with van der Waals surface area (Å²) in [5.74, 6) is 2.38. The molecule has 4 nitrogen and oxygen atoms in total. The van der Waals surface area contributed by atoms with Gasteiger partial charge in [0, 0.05) is 26.7 Å². The fourth-order valence-electron chi connectivity index (χ4n) is 1.90. The third-order valence-electron chi connectivity index (χ3n) is 2.83. The van der Waals surface area contributed by atoms with Gasteiger partial charge in [-0.2, -0.15) is 0 Å². The molecule has 0 heterocycles. The first-order valence-corrected chi connectivity index (χ1v) is 6.70. The molecule has 0 bridgehead atoms. The molecule has 0 amide bonds. The van der Waals surface area contributed by atoms with E-state index in [0.29, 0.717) is 13.2 Å². The molecule has 1 atom stereocenters. The van der Waals surface area contributed by atoms with Crippen molar-refractivity contribution < 1.29 is 14.6 Å². The summed E-state index contributed by atoms with van der Waals surface area (Å²) >= 11 is 0. The second-order valence-electron chi connectivity index (χ2n) is 4.59. The van der Waals surface area contributed by atoms with Gasteiger partial charge in [0.2, 0.25) is 0 Å². The quantitative estimate of drug-likeness (QED) is 0.514. The maximum Gasteiger partial charge on any atom is 0.107 e. The largest absolute Gasteiger partial charge is 0.389 e. The van der Waals surface area contributed by atoms with Crippen molar-refractivity contribution in [2.75, 3.05) is 40.0 Å². The van der Waals surface area contributed by atoms with E-state index >= 15 is 0 Å². The van der Waals surface area contributed by atoms with Crippen LogP contribution in [0.1, 0.15) is 5.56 Å². The molecule has 0 aliphatic heterocycles. The number of hydrogen-bond donors (Lipinski definition) is 1. The Hall–Kier alpha value is -1.38. The van der Waals surface area contributed by atoms with Crippen LogP contribution in [0.3, 0.4) is 0 Å². The van der Waals surface area contributed by atoms with Crippen molar-refractivity contribution in [3.05, 3.63) is 35.9 Å². The number of ether oxygens (including phenoxy) is 2. The Morgan fingerprint density at radius 2 is 2.10 bits per heavy atom. The summed E-state index contributed by atoms with van der Waals surface area (Å²) < 4.78 is 10.3. The van der Waals surface area contributed by atoms with E-state index in [1.54, 1.807) is 7.11 Å². The van der Waals surface area contributed by atoms with Gasteiger partial charge in [0.15, 0.2) is 0 Å². The Kier molecular flexibility index (Phi) is 8.68. The van der Waals surface area contributed by atoms with Crippen molar-refractivity contribution in [1.29, 1.82) is 0 Å². The van der Waals surface area contributed by atoms with Gasteiger partial charge in [0.25, 0.3) is 0 Å². The van der Waals surface area contributed by atoms with Gasteiger partial charge < -0.3 is 14.6 Å². The Labute approximate surface area is 121 Å². The number of nitrogens with zero attached hydrogens (tertiary/aromatic N) is 1. The standard InChI is InChI=1S/C16H23NO3/c1-3-10-20-14-16(18)13-17(9-11-19-2)12-15-7-5-4-6-8-15/h1,4-8,16,18H,9-14H2,2H3/t16-/m0/s1. The lowest BCUT2D eigenvalue weighted by Crippen LogP contribution is -2.36. The van der Waals surface area contributed by atoms with Crippen LogP contribution in [-0.2, 0) is 16.0 Å². The molecule has 1 aromatic carbocycles. The van der Waals surface area contributed by atoms with Crippen LogP contribution >= 0.6 is 0 Å². The first-order valence-electron chi connectivity index (χ1n) is 6.70. The average Bonchev–Trinajstić information content (AvgIpc) is 2.46. The highest BCUT2D eigenvalue weighted by Crippen LogP contribution is 2.05. The molecule has 0 saturated carbocycles. The van der Waals surface area contributed by atoms with Crippen LogP contribution in [0.15, 0.2) is 30.3 Å². The summed E-state index contributed by atoms with van der Waals surface area (Å²) in [6.07, 6.45) is 4.55. The van der Waals surface area contributed by atoms with Gasteiger partial charge in [-0.15, -0.1) is 6.42 Å². The monoisotopic (exact) mass is 277 g/mol. The van der Waals surface area contributed by atoms with Gasteiger partial charge in [-0.05, 0) is 5.56 Å². The van der Waals surface area contributed by atoms with Crippen LogP contribution in [0.2, 0.25) is 0 Å². The molecule has 110 valence electrons. The average molecular weight is 277 g/mol. The highest BCUT2D eigenvalue weighted by molar-refractivity contribution is 5.14. The smallest absolute Gasteiger partial charge is 0.107 e. The van der Waals surface area contributed by atoms with E-state index < -0.39 is 6.10 Å². The molecule has 0 aromatic heterocycles. The van der Waals surface area contributed by atoms with Crippen molar-refractivity contribution in [2.45, 2.75) is 12.6 Å². The highest BCUT2D eigenvalue weighted by Gasteiger charge is 2.12. The molecule has 0 unspecified atom stereocenters. The van der Waals surface area contributed by atoms with E-state index in [0.717, 1.165) is 13.1 Å². The Bertz CT molecular complexity index is 388. The fourth-order valence-corrected chi connectivity index (χ4v) is 1.90. The third-order valence-corrected chi connectivity index (χ3v) is 2.83. The molecular weight excluding hydrogens is 254 g/mol. The predicted octanol–water partition coefficient (Wildman–Crippen LogP) is 1.15. The number of aliphatic hydroxyl groups excluding tert-OH is 1. The van der Waals surface area contributed by atoms with E-state index in [2.05, 4.69) is 23.0 Å². The van der Waals surface area contributed by atoms with Gasteiger partial charge in [0.05, 0.1) is 19.3 Å². The summed E-state index contributed by atoms with van der Waals surface area (Å²) in [6, 6.07) is 10.2. The van der Waals surface area contributed by atoms with Crippen molar-refractivity contribution in [1.82, 2.24) is 4.90 Å². The van der Waals surface area contributed by atoms with E-state index in [4.69, 9.17) is 15.9 Å². The minimum absolute atomic E-state index is 0.230. The lowest BCUT2D eigenvalue weighted by molar-refractivity contribution is 0.0207. The summed E-state index contributed by atoms with van der Waals surface area (Å²) in [4.78, 5) is 2.14. The minimum atomic E-state index is -0.552. The SMILES string of the molecule is C#CCOC[C@@H](O)CN(CCOC)Cc1ccccc1. The van der Waals surface area contributed by atoms with Crippen molar-refractivity contribution in [3.8, 4) is 12.3 Å². The van der Waals surface area contributed by atoms with E-state index in [-0.39, 0.29) is 13.2 Å². The second kappa shape index (κ2) is 10.4. The molecule has 1 N–H and O–H groups in total. The predicted molar refractivity (Wildman–Crippen MR) is 79.3 cm³/mol. The van der Waals surface area contributed by atoms with Gasteiger partial charge in [0.1, 0.15) is 6.61 Å². The van der Waals surface area contributed by atoms with Crippen LogP contribution in [0, 0.1) is 12.3 Å².